The third-order valence-corrected chi connectivity index (χ3v) is 7.55. The number of ketones is 1. The van der Waals surface area contributed by atoms with E-state index in [1.54, 1.807) is 18.2 Å². The normalized spacial score (nSPS) is 22.9. The molecule has 7 heteroatoms. The minimum Gasteiger partial charge on any atom is -0.397 e. The first-order valence-corrected chi connectivity index (χ1v) is 12.1. The van der Waals surface area contributed by atoms with Crippen LogP contribution in [0.15, 0.2) is 48.8 Å². The number of nitrogens with zero attached hydrogens (tertiary/aromatic N) is 4. The number of Topliss-reactive ketones (excluding diaryl/α,β-unsaturated/α-hetero) is 1. The van der Waals surface area contributed by atoms with Crippen LogP contribution in [-0.2, 0) is 24.8 Å². The van der Waals surface area contributed by atoms with Gasteiger partial charge < -0.3 is 5.73 Å². The highest BCUT2D eigenvalue weighted by atomic mass is 19.1. The number of pyridine rings is 1. The van der Waals surface area contributed by atoms with E-state index in [1.165, 1.54) is 30.5 Å². The van der Waals surface area contributed by atoms with Crippen LogP contribution >= 0.6 is 0 Å². The summed E-state index contributed by atoms with van der Waals surface area (Å²) in [7, 11) is 1.95. The molecule has 0 radical (unpaired) electrons. The van der Waals surface area contributed by atoms with Crippen molar-refractivity contribution >= 4 is 11.5 Å². The minimum atomic E-state index is -0.286. The van der Waals surface area contributed by atoms with Crippen molar-refractivity contribution in [3.63, 3.8) is 0 Å². The lowest BCUT2D eigenvalue weighted by Gasteiger charge is -2.40. The number of aryl methyl sites for hydroxylation is 1. The molecule has 1 aromatic carbocycles. The van der Waals surface area contributed by atoms with Gasteiger partial charge in [0.05, 0.1) is 29.7 Å². The lowest BCUT2D eigenvalue weighted by molar-refractivity contribution is -0.122. The Morgan fingerprint density at radius 1 is 1.21 bits per heavy atom. The number of carbonyl (C=O) groups is 1. The molecule has 2 fully saturated rings. The zero-order chi connectivity index (χ0) is 23.7. The van der Waals surface area contributed by atoms with E-state index in [2.05, 4.69) is 21.2 Å². The summed E-state index contributed by atoms with van der Waals surface area (Å²) >= 11 is 0. The number of hydrogen-bond donors (Lipinski definition) is 1. The predicted molar refractivity (Wildman–Crippen MR) is 130 cm³/mol. The van der Waals surface area contributed by atoms with Crippen LogP contribution in [0.5, 0.6) is 0 Å². The molecule has 34 heavy (non-hydrogen) atoms. The standard InChI is InChI=1S/C27H32FN5O/c1-32-16-19(15-30-32)17-33-12-2-10-27(18-33)11-9-21(14-27)26(34)13-25-23(29)7-8-24(31-25)20-3-5-22(28)6-4-20/h3-8,15-16,21H,2,9-14,17-18,29H2,1H3. The Kier molecular flexibility index (Phi) is 6.21. The summed E-state index contributed by atoms with van der Waals surface area (Å²) in [4.78, 5) is 20.5. The van der Waals surface area contributed by atoms with E-state index in [1.807, 2.05) is 24.0 Å². The average Bonchev–Trinajstić information content (AvgIpc) is 3.42. The molecule has 2 aliphatic rings. The van der Waals surface area contributed by atoms with Crippen LogP contribution in [0.3, 0.4) is 0 Å². The highest BCUT2D eigenvalue weighted by Crippen LogP contribution is 2.48. The summed E-state index contributed by atoms with van der Waals surface area (Å²) in [6, 6.07) is 9.83. The van der Waals surface area contributed by atoms with E-state index >= 15 is 0 Å². The summed E-state index contributed by atoms with van der Waals surface area (Å²) in [5.41, 5.74) is 10.3. The number of carbonyl (C=O) groups excluding carboxylic acids is 1. The van der Waals surface area contributed by atoms with E-state index in [0.717, 1.165) is 44.5 Å². The van der Waals surface area contributed by atoms with Gasteiger partial charge in [-0.15, -0.1) is 0 Å². The van der Waals surface area contributed by atoms with Gasteiger partial charge in [-0.2, -0.15) is 5.10 Å². The van der Waals surface area contributed by atoms with Crippen LogP contribution in [0.2, 0.25) is 0 Å². The third kappa shape index (κ3) is 4.89. The first-order chi connectivity index (χ1) is 16.4. The largest absolute Gasteiger partial charge is 0.397 e. The number of likely N-dealkylation sites (tertiary alicyclic amines) is 1. The number of anilines is 1. The fourth-order valence-corrected chi connectivity index (χ4v) is 5.85. The van der Waals surface area contributed by atoms with Gasteiger partial charge in [-0.3, -0.25) is 19.4 Å². The van der Waals surface area contributed by atoms with E-state index in [-0.39, 0.29) is 29.4 Å². The van der Waals surface area contributed by atoms with Crippen molar-refractivity contribution in [2.45, 2.75) is 45.1 Å². The molecule has 1 saturated carbocycles. The van der Waals surface area contributed by atoms with Crippen molar-refractivity contribution in [2.75, 3.05) is 18.8 Å². The summed E-state index contributed by atoms with van der Waals surface area (Å²) in [5.74, 6) is 0.0113. The number of hydrogen-bond acceptors (Lipinski definition) is 5. The first-order valence-electron chi connectivity index (χ1n) is 12.1. The molecule has 0 bridgehead atoms. The van der Waals surface area contributed by atoms with E-state index < -0.39 is 0 Å². The van der Waals surface area contributed by atoms with Crippen molar-refractivity contribution in [1.82, 2.24) is 19.7 Å². The molecule has 3 heterocycles. The van der Waals surface area contributed by atoms with Gasteiger partial charge in [0.15, 0.2) is 0 Å². The highest BCUT2D eigenvalue weighted by Gasteiger charge is 2.44. The average molecular weight is 462 g/mol. The van der Waals surface area contributed by atoms with Gasteiger partial charge in [0.1, 0.15) is 11.6 Å². The fourth-order valence-electron chi connectivity index (χ4n) is 5.85. The maximum absolute atomic E-state index is 13.3. The Labute approximate surface area is 200 Å². The molecule has 2 unspecified atom stereocenters. The van der Waals surface area contributed by atoms with Crippen molar-refractivity contribution in [1.29, 1.82) is 0 Å². The van der Waals surface area contributed by atoms with Crippen LogP contribution < -0.4 is 5.73 Å². The van der Waals surface area contributed by atoms with Crippen LogP contribution in [-0.4, -0.2) is 38.5 Å². The topological polar surface area (TPSA) is 77.0 Å². The number of nitrogen functional groups attached to an aromatic ring is 1. The second kappa shape index (κ2) is 9.29. The number of aromatic nitrogens is 3. The van der Waals surface area contributed by atoms with Gasteiger partial charge >= 0.3 is 0 Å². The van der Waals surface area contributed by atoms with Crippen molar-refractivity contribution < 1.29 is 9.18 Å². The Bertz CT molecular complexity index is 1170. The maximum Gasteiger partial charge on any atom is 0.142 e. The molecule has 6 nitrogen and oxygen atoms in total. The van der Waals surface area contributed by atoms with Crippen LogP contribution in [0.4, 0.5) is 10.1 Å². The van der Waals surface area contributed by atoms with Gasteiger partial charge in [-0.05, 0) is 80.5 Å². The van der Waals surface area contributed by atoms with Crippen LogP contribution in [0.1, 0.15) is 43.4 Å². The molecule has 3 aromatic rings. The highest BCUT2D eigenvalue weighted by molar-refractivity contribution is 5.84. The molecule has 1 aliphatic carbocycles. The van der Waals surface area contributed by atoms with E-state index in [0.29, 0.717) is 17.1 Å². The van der Waals surface area contributed by atoms with Gasteiger partial charge in [-0.1, -0.05) is 0 Å². The SMILES string of the molecule is Cn1cc(CN2CCCC3(CCC(C(=O)Cc4nc(-c5ccc(F)cc5)ccc4N)C3)C2)cn1. The van der Waals surface area contributed by atoms with Crippen molar-refractivity contribution in [3.8, 4) is 11.3 Å². The molecule has 1 aliphatic heterocycles. The molecular weight excluding hydrogens is 429 g/mol. The van der Waals surface area contributed by atoms with Crippen LogP contribution in [0, 0.1) is 17.2 Å². The Morgan fingerprint density at radius 3 is 2.79 bits per heavy atom. The molecule has 5 rings (SSSR count). The first kappa shape index (κ1) is 22.7. The van der Waals surface area contributed by atoms with Crippen molar-refractivity contribution in [2.24, 2.45) is 18.4 Å². The minimum absolute atomic E-state index is 0.0639. The van der Waals surface area contributed by atoms with Crippen molar-refractivity contribution in [3.05, 3.63) is 65.9 Å². The lowest BCUT2D eigenvalue weighted by Crippen LogP contribution is -2.41. The zero-order valence-corrected chi connectivity index (χ0v) is 19.7. The van der Waals surface area contributed by atoms with E-state index in [4.69, 9.17) is 5.73 Å². The monoisotopic (exact) mass is 461 g/mol. The molecule has 1 spiro atoms. The smallest absolute Gasteiger partial charge is 0.142 e. The van der Waals surface area contributed by atoms with Gasteiger partial charge in [0.2, 0.25) is 0 Å². The van der Waals surface area contributed by atoms with Gasteiger partial charge in [0.25, 0.3) is 0 Å². The Balaban J connectivity index is 1.24. The second-order valence-electron chi connectivity index (χ2n) is 10.2. The lowest BCUT2D eigenvalue weighted by atomic mass is 9.77. The summed E-state index contributed by atoms with van der Waals surface area (Å²) < 4.78 is 15.1. The Morgan fingerprint density at radius 2 is 2.03 bits per heavy atom. The van der Waals surface area contributed by atoms with Gasteiger partial charge in [-0.25, -0.2) is 4.39 Å². The molecule has 2 atom stereocenters. The number of nitrogens with two attached hydrogens (primary N) is 1. The number of rotatable bonds is 6. The third-order valence-electron chi connectivity index (χ3n) is 7.55. The molecule has 2 N–H and O–H groups in total. The quantitative estimate of drug-likeness (QED) is 0.589. The Hall–Kier alpha value is -3.06. The predicted octanol–water partition coefficient (Wildman–Crippen LogP) is 4.40. The summed E-state index contributed by atoms with van der Waals surface area (Å²) in [6.45, 7) is 3.07. The summed E-state index contributed by atoms with van der Waals surface area (Å²) in [6.07, 6.45) is 9.64. The molecular formula is C27H32FN5O. The van der Waals surface area contributed by atoms with Gasteiger partial charge in [0, 0.05) is 43.4 Å². The number of halogens is 1. The second-order valence-corrected chi connectivity index (χ2v) is 10.2. The summed E-state index contributed by atoms with van der Waals surface area (Å²) in [5, 5.41) is 4.30. The number of piperidine rings is 1. The zero-order valence-electron chi connectivity index (χ0n) is 19.7. The molecule has 0 amide bonds. The molecule has 178 valence electrons. The number of benzene rings is 1. The van der Waals surface area contributed by atoms with E-state index in [9.17, 15) is 9.18 Å². The maximum atomic E-state index is 13.3. The molecule has 1 saturated heterocycles. The van der Waals surface area contributed by atoms with Crippen LogP contribution in [0.25, 0.3) is 11.3 Å². The fraction of sp³-hybridized carbons (Fsp3) is 0.444. The molecule has 2 aromatic heterocycles.